The number of nitrogens with zero attached hydrogens (tertiary/aromatic N) is 1. The molecule has 20 heavy (non-hydrogen) atoms. The van der Waals surface area contributed by atoms with Gasteiger partial charge >= 0.3 is 11.9 Å². The number of hydrogen-bond acceptors (Lipinski definition) is 4. The van der Waals surface area contributed by atoms with Gasteiger partial charge in [0.05, 0.1) is 6.07 Å². The summed E-state index contributed by atoms with van der Waals surface area (Å²) in [6, 6.07) is 2.17. The first-order chi connectivity index (χ1) is 9.28. The first-order valence-corrected chi connectivity index (χ1v) is 6.36. The molecule has 106 valence electrons. The van der Waals surface area contributed by atoms with Crippen molar-refractivity contribution in [2.75, 3.05) is 0 Å². The predicted octanol–water partition coefficient (Wildman–Crippen LogP) is 2.04. The summed E-state index contributed by atoms with van der Waals surface area (Å²) in [6.45, 7) is 4.65. The lowest BCUT2D eigenvalue weighted by Gasteiger charge is -2.28. The van der Waals surface area contributed by atoms with Crippen LogP contribution in [0.5, 0.6) is 0 Å². The number of ether oxygens (including phenoxy) is 1. The molecule has 5 heteroatoms. The molecule has 1 N–H and O–H groups in total. The minimum Gasteiger partial charge on any atom is -0.478 e. The Bertz CT molecular complexity index is 555. The van der Waals surface area contributed by atoms with E-state index in [0.29, 0.717) is 24.8 Å². The number of carboxylic acid groups (broad SMARTS) is 1. The molecular formula is C15H17NO4. The van der Waals surface area contributed by atoms with Crippen molar-refractivity contribution in [1.29, 1.82) is 5.26 Å². The van der Waals surface area contributed by atoms with E-state index in [0.717, 1.165) is 6.08 Å². The summed E-state index contributed by atoms with van der Waals surface area (Å²) in [5.74, 6) is 3.93. The van der Waals surface area contributed by atoms with E-state index < -0.39 is 23.0 Å². The van der Waals surface area contributed by atoms with E-state index in [4.69, 9.17) is 9.84 Å². The minimum absolute atomic E-state index is 0.421. The third-order valence-corrected chi connectivity index (χ3v) is 3.37. The van der Waals surface area contributed by atoms with Crippen LogP contribution in [0.15, 0.2) is 11.6 Å². The monoisotopic (exact) mass is 275 g/mol. The number of carboxylic acids is 1. The molecule has 1 saturated carbocycles. The molecule has 1 rings (SSSR count). The van der Waals surface area contributed by atoms with Gasteiger partial charge < -0.3 is 9.84 Å². The normalized spacial score (nSPS) is 18.8. The molecule has 0 saturated heterocycles. The molecule has 0 bridgehead atoms. The Hall–Kier alpha value is -2.27. The molecule has 0 radical (unpaired) electrons. The Balaban J connectivity index is 3.13. The van der Waals surface area contributed by atoms with Gasteiger partial charge in [-0.05, 0) is 32.1 Å². The molecule has 0 aliphatic heterocycles. The highest BCUT2D eigenvalue weighted by Crippen LogP contribution is 2.55. The highest BCUT2D eigenvalue weighted by molar-refractivity contribution is 5.81. The van der Waals surface area contributed by atoms with Gasteiger partial charge in [0.15, 0.2) is 5.60 Å². The first-order valence-electron chi connectivity index (χ1n) is 6.36. The van der Waals surface area contributed by atoms with Gasteiger partial charge in [-0.3, -0.25) is 4.79 Å². The second-order valence-corrected chi connectivity index (χ2v) is 4.93. The van der Waals surface area contributed by atoms with Crippen molar-refractivity contribution in [3.63, 3.8) is 0 Å². The van der Waals surface area contributed by atoms with Crippen LogP contribution >= 0.6 is 0 Å². The smallest absolute Gasteiger partial charge is 0.329 e. The lowest BCUT2D eigenvalue weighted by atomic mass is 9.87. The van der Waals surface area contributed by atoms with Crippen LogP contribution in [-0.2, 0) is 14.3 Å². The first kappa shape index (κ1) is 15.8. The van der Waals surface area contributed by atoms with Crippen molar-refractivity contribution in [1.82, 2.24) is 0 Å². The molecule has 0 heterocycles. The fourth-order valence-corrected chi connectivity index (χ4v) is 1.93. The molecule has 0 aromatic rings. The molecule has 0 amide bonds. The number of allylic oxidation sites excluding steroid dienone is 1. The van der Waals surface area contributed by atoms with E-state index in [-0.39, 0.29) is 0 Å². The zero-order valence-corrected chi connectivity index (χ0v) is 11.8. The molecule has 1 fully saturated rings. The average Bonchev–Trinajstić information content (AvgIpc) is 3.14. The van der Waals surface area contributed by atoms with E-state index in [1.165, 1.54) is 6.92 Å². The highest BCUT2D eigenvalue weighted by atomic mass is 16.6. The summed E-state index contributed by atoms with van der Waals surface area (Å²) in [7, 11) is 0. The quantitative estimate of drug-likeness (QED) is 0.482. The van der Waals surface area contributed by atoms with Crippen LogP contribution in [0, 0.1) is 28.6 Å². The maximum atomic E-state index is 11.2. The second-order valence-electron chi connectivity index (χ2n) is 4.93. The number of nitriles is 1. The maximum Gasteiger partial charge on any atom is 0.329 e. The van der Waals surface area contributed by atoms with Gasteiger partial charge in [0, 0.05) is 18.6 Å². The van der Waals surface area contributed by atoms with E-state index in [1.807, 2.05) is 0 Å². The van der Waals surface area contributed by atoms with Crippen molar-refractivity contribution < 1.29 is 19.4 Å². The fraction of sp³-hybridized carbons (Fsp3) is 0.533. The lowest BCUT2D eigenvalue weighted by Crippen LogP contribution is -2.39. The summed E-state index contributed by atoms with van der Waals surface area (Å²) in [5, 5.41) is 18.0. The number of carbonyl (C=O) groups excluding carboxylic acids is 1. The molecule has 0 aromatic carbocycles. The van der Waals surface area contributed by atoms with Gasteiger partial charge in [-0.1, -0.05) is 12.8 Å². The standard InChI is InChI=1S/C15H17NO4/c1-4-12(9-13(18)19)5-6-14(3,20-11(2)17)15(10-16)7-8-15/h9H,4,7-8H2,1-3H3,(H,18,19)/b12-9-/t14-/m0/s1. The van der Waals surface area contributed by atoms with E-state index in [2.05, 4.69) is 17.9 Å². The van der Waals surface area contributed by atoms with Gasteiger partial charge in [0.2, 0.25) is 0 Å². The van der Waals surface area contributed by atoms with Crippen LogP contribution < -0.4 is 0 Å². The molecule has 0 unspecified atom stereocenters. The third kappa shape index (κ3) is 3.39. The summed E-state index contributed by atoms with van der Waals surface area (Å²) >= 11 is 0. The Morgan fingerprint density at radius 3 is 2.45 bits per heavy atom. The zero-order valence-electron chi connectivity index (χ0n) is 11.8. The van der Waals surface area contributed by atoms with Crippen molar-refractivity contribution in [3.05, 3.63) is 11.6 Å². The molecule has 1 aliphatic carbocycles. The molecule has 5 nitrogen and oxygen atoms in total. The Morgan fingerprint density at radius 1 is 1.50 bits per heavy atom. The van der Waals surface area contributed by atoms with Gasteiger partial charge in [-0.25, -0.2) is 4.79 Å². The van der Waals surface area contributed by atoms with Crippen LogP contribution in [0.1, 0.15) is 40.0 Å². The SMILES string of the molecule is CC/C(C#C[C@](C)(OC(C)=O)C1(C#N)CC1)=C/C(=O)O. The van der Waals surface area contributed by atoms with Crippen LogP contribution in [0.25, 0.3) is 0 Å². The van der Waals surface area contributed by atoms with E-state index in [1.54, 1.807) is 13.8 Å². The Labute approximate surface area is 118 Å². The van der Waals surface area contributed by atoms with E-state index >= 15 is 0 Å². The number of rotatable bonds is 4. The van der Waals surface area contributed by atoms with Gasteiger partial charge in [0.25, 0.3) is 0 Å². The van der Waals surface area contributed by atoms with Gasteiger partial charge in [0.1, 0.15) is 5.41 Å². The Morgan fingerprint density at radius 2 is 2.10 bits per heavy atom. The van der Waals surface area contributed by atoms with Gasteiger partial charge in [-0.15, -0.1) is 0 Å². The molecule has 1 atom stereocenters. The number of aliphatic carboxylic acids is 1. The molecule has 1 aliphatic rings. The summed E-state index contributed by atoms with van der Waals surface area (Å²) in [4.78, 5) is 21.9. The van der Waals surface area contributed by atoms with Crippen molar-refractivity contribution in [2.24, 2.45) is 5.41 Å². The van der Waals surface area contributed by atoms with Crippen LogP contribution in [0.3, 0.4) is 0 Å². The highest BCUT2D eigenvalue weighted by Gasteiger charge is 2.60. The number of esters is 1. The maximum absolute atomic E-state index is 11.2. The van der Waals surface area contributed by atoms with Crippen LogP contribution in [-0.4, -0.2) is 22.6 Å². The summed E-state index contributed by atoms with van der Waals surface area (Å²) in [6.07, 6.45) is 2.71. The predicted molar refractivity (Wildman–Crippen MR) is 71.2 cm³/mol. The topological polar surface area (TPSA) is 87.4 Å². The molecule has 0 aromatic heterocycles. The lowest BCUT2D eigenvalue weighted by molar-refractivity contribution is -0.153. The van der Waals surface area contributed by atoms with E-state index in [9.17, 15) is 14.9 Å². The average molecular weight is 275 g/mol. The number of carbonyl (C=O) groups is 2. The molecule has 0 spiro atoms. The summed E-state index contributed by atoms with van der Waals surface area (Å²) in [5.41, 5.74) is -1.57. The summed E-state index contributed by atoms with van der Waals surface area (Å²) < 4.78 is 5.25. The van der Waals surface area contributed by atoms with Crippen molar-refractivity contribution in [2.45, 2.75) is 45.6 Å². The van der Waals surface area contributed by atoms with Crippen molar-refractivity contribution in [3.8, 4) is 17.9 Å². The molecular weight excluding hydrogens is 258 g/mol. The number of hydrogen-bond donors (Lipinski definition) is 1. The fourth-order valence-electron chi connectivity index (χ4n) is 1.93. The van der Waals surface area contributed by atoms with Crippen LogP contribution in [0.4, 0.5) is 0 Å². The zero-order chi connectivity index (χ0) is 15.4. The Kier molecular flexibility index (Phi) is 4.57. The second kappa shape index (κ2) is 5.79. The minimum atomic E-state index is -1.21. The van der Waals surface area contributed by atoms with Gasteiger partial charge in [-0.2, -0.15) is 5.26 Å². The van der Waals surface area contributed by atoms with Crippen molar-refractivity contribution >= 4 is 11.9 Å². The largest absolute Gasteiger partial charge is 0.478 e. The third-order valence-electron chi connectivity index (χ3n) is 3.37. The van der Waals surface area contributed by atoms with Crippen LogP contribution in [0.2, 0.25) is 0 Å².